The molecule has 1 saturated heterocycles. The largest absolute Gasteiger partial charge is 0.337 e. The Kier molecular flexibility index (Phi) is 6.41. The fourth-order valence-corrected chi connectivity index (χ4v) is 2.98. The van der Waals surface area contributed by atoms with Crippen LogP contribution in [-0.4, -0.2) is 59.0 Å². The smallest absolute Gasteiger partial charge is 0.318 e. The lowest BCUT2D eigenvalue weighted by Gasteiger charge is -2.35. The number of nitrogens with zero attached hydrogens (tertiary/aromatic N) is 4. The minimum Gasteiger partial charge on any atom is -0.337 e. The van der Waals surface area contributed by atoms with Crippen molar-refractivity contribution in [3.63, 3.8) is 0 Å². The quantitative estimate of drug-likeness (QED) is 0.824. The molecular weight excluding hydrogens is 356 g/mol. The van der Waals surface area contributed by atoms with Crippen molar-refractivity contribution >= 4 is 23.6 Å². The number of carbonyl (C=O) groups is 2. The summed E-state index contributed by atoms with van der Waals surface area (Å²) in [6, 6.07) is 8.61. The Morgan fingerprint density at radius 1 is 1.07 bits per heavy atom. The molecular formula is C20H26N6O2. The van der Waals surface area contributed by atoms with E-state index in [0.29, 0.717) is 32.1 Å². The number of nitrogens with one attached hydrogen (secondary N) is 2. The zero-order valence-corrected chi connectivity index (χ0v) is 16.3. The van der Waals surface area contributed by atoms with Crippen LogP contribution in [0.2, 0.25) is 0 Å². The van der Waals surface area contributed by atoms with E-state index in [0.717, 1.165) is 12.1 Å². The first kappa shape index (κ1) is 19.6. The average molecular weight is 382 g/mol. The number of hydrogen-bond acceptors (Lipinski definition) is 5. The van der Waals surface area contributed by atoms with Gasteiger partial charge < -0.3 is 20.4 Å². The van der Waals surface area contributed by atoms with Crippen LogP contribution in [0.15, 0.2) is 42.7 Å². The third kappa shape index (κ3) is 4.97. The number of hydrogen-bond donors (Lipinski definition) is 2. The number of benzene rings is 1. The maximum absolute atomic E-state index is 12.5. The van der Waals surface area contributed by atoms with Crippen LogP contribution in [0.5, 0.6) is 0 Å². The first-order chi connectivity index (χ1) is 13.6. The van der Waals surface area contributed by atoms with E-state index in [-0.39, 0.29) is 11.9 Å². The molecule has 0 radical (unpaired) electrons. The molecule has 3 rings (SSSR count). The highest BCUT2D eigenvalue weighted by atomic mass is 16.2. The Hall–Kier alpha value is -3.16. The molecule has 8 nitrogen and oxygen atoms in total. The number of amides is 3. The van der Waals surface area contributed by atoms with Gasteiger partial charge in [-0.3, -0.25) is 4.79 Å². The molecule has 3 amide bonds. The number of aryl methyl sites for hydroxylation is 1. The van der Waals surface area contributed by atoms with E-state index >= 15 is 0 Å². The molecule has 1 atom stereocenters. The van der Waals surface area contributed by atoms with Crippen molar-refractivity contribution < 1.29 is 9.59 Å². The van der Waals surface area contributed by atoms with Gasteiger partial charge in [0.15, 0.2) is 0 Å². The van der Waals surface area contributed by atoms with Gasteiger partial charge >= 0.3 is 6.03 Å². The van der Waals surface area contributed by atoms with E-state index in [1.54, 1.807) is 30.3 Å². The van der Waals surface area contributed by atoms with Crippen molar-refractivity contribution in [1.29, 1.82) is 0 Å². The molecule has 0 bridgehead atoms. The van der Waals surface area contributed by atoms with E-state index in [1.807, 2.05) is 29.2 Å². The second-order valence-corrected chi connectivity index (χ2v) is 6.73. The van der Waals surface area contributed by atoms with Crippen molar-refractivity contribution in [3.8, 4) is 0 Å². The molecule has 2 N–H and O–H groups in total. The van der Waals surface area contributed by atoms with E-state index in [2.05, 4.69) is 27.5 Å². The molecule has 148 valence electrons. The van der Waals surface area contributed by atoms with E-state index in [1.165, 1.54) is 5.56 Å². The molecule has 1 aliphatic rings. The van der Waals surface area contributed by atoms with Crippen LogP contribution in [0.25, 0.3) is 0 Å². The van der Waals surface area contributed by atoms with Crippen molar-refractivity contribution in [1.82, 2.24) is 20.2 Å². The van der Waals surface area contributed by atoms with Crippen molar-refractivity contribution in [2.75, 3.05) is 36.4 Å². The summed E-state index contributed by atoms with van der Waals surface area (Å²) in [5.41, 5.74) is 1.93. The molecule has 1 aromatic heterocycles. The summed E-state index contributed by atoms with van der Waals surface area (Å²) in [5.74, 6) is 0.429. The Morgan fingerprint density at radius 3 is 2.32 bits per heavy atom. The number of aromatic nitrogens is 2. The van der Waals surface area contributed by atoms with Gasteiger partial charge in [-0.15, -0.1) is 0 Å². The number of anilines is 2. The predicted molar refractivity (Wildman–Crippen MR) is 108 cm³/mol. The summed E-state index contributed by atoms with van der Waals surface area (Å²) in [4.78, 5) is 37.1. The SMILES string of the molecule is CCc1ccc(NC(=O)[C@@H](C)NC(=O)N2CCN(c3ncccn3)CC2)cc1. The molecule has 0 aliphatic carbocycles. The van der Waals surface area contributed by atoms with Crippen molar-refractivity contribution in [2.24, 2.45) is 0 Å². The highest BCUT2D eigenvalue weighted by Crippen LogP contribution is 2.11. The third-order valence-electron chi connectivity index (χ3n) is 4.76. The van der Waals surface area contributed by atoms with Gasteiger partial charge in [-0.25, -0.2) is 14.8 Å². The van der Waals surface area contributed by atoms with E-state index in [9.17, 15) is 9.59 Å². The topological polar surface area (TPSA) is 90.5 Å². The van der Waals surface area contributed by atoms with Gasteiger partial charge in [-0.2, -0.15) is 0 Å². The first-order valence-electron chi connectivity index (χ1n) is 9.54. The Balaban J connectivity index is 1.46. The van der Waals surface area contributed by atoms with E-state index in [4.69, 9.17) is 0 Å². The Bertz CT molecular complexity index is 788. The number of piperazine rings is 1. The lowest BCUT2D eigenvalue weighted by Crippen LogP contribution is -2.55. The zero-order valence-electron chi connectivity index (χ0n) is 16.3. The third-order valence-corrected chi connectivity index (χ3v) is 4.76. The molecule has 1 fully saturated rings. The fraction of sp³-hybridized carbons (Fsp3) is 0.400. The Labute approximate surface area is 165 Å². The standard InChI is InChI=1S/C20H26N6O2/c1-3-16-5-7-17(8-6-16)24-18(27)15(2)23-20(28)26-13-11-25(12-14-26)19-21-9-4-10-22-19/h4-10,15H,3,11-14H2,1-2H3,(H,23,28)(H,24,27)/t15-/m1/s1. The summed E-state index contributed by atoms with van der Waals surface area (Å²) in [5, 5.41) is 5.60. The summed E-state index contributed by atoms with van der Waals surface area (Å²) in [6.45, 7) is 6.18. The highest BCUT2D eigenvalue weighted by Gasteiger charge is 2.24. The summed E-state index contributed by atoms with van der Waals surface area (Å²) >= 11 is 0. The van der Waals surface area contributed by atoms with Gasteiger partial charge in [0.2, 0.25) is 11.9 Å². The molecule has 1 aromatic carbocycles. The fourth-order valence-electron chi connectivity index (χ4n) is 2.98. The van der Waals surface area contributed by atoms with Gasteiger partial charge in [0.25, 0.3) is 0 Å². The minimum atomic E-state index is -0.631. The molecule has 1 aliphatic heterocycles. The number of carbonyl (C=O) groups excluding carboxylic acids is 2. The van der Waals surface area contributed by atoms with Crippen LogP contribution in [0, 0.1) is 0 Å². The maximum Gasteiger partial charge on any atom is 0.318 e. The van der Waals surface area contributed by atoms with Crippen LogP contribution in [0.3, 0.4) is 0 Å². The number of rotatable bonds is 5. The van der Waals surface area contributed by atoms with Crippen molar-refractivity contribution in [3.05, 3.63) is 48.3 Å². The molecule has 28 heavy (non-hydrogen) atoms. The molecule has 0 saturated carbocycles. The van der Waals surface area contributed by atoms with Gasteiger partial charge in [0.1, 0.15) is 6.04 Å². The van der Waals surface area contributed by atoms with Crippen LogP contribution in [0.4, 0.5) is 16.4 Å². The van der Waals surface area contributed by atoms with Gasteiger partial charge in [-0.1, -0.05) is 19.1 Å². The normalized spacial score (nSPS) is 15.1. The molecule has 0 unspecified atom stereocenters. The van der Waals surface area contributed by atoms with Crippen LogP contribution in [-0.2, 0) is 11.2 Å². The van der Waals surface area contributed by atoms with Gasteiger partial charge in [0.05, 0.1) is 0 Å². The molecule has 2 aromatic rings. The maximum atomic E-state index is 12.5. The lowest BCUT2D eigenvalue weighted by molar-refractivity contribution is -0.117. The van der Waals surface area contributed by atoms with Crippen molar-refractivity contribution in [2.45, 2.75) is 26.3 Å². The van der Waals surface area contributed by atoms with Gasteiger partial charge in [-0.05, 0) is 37.1 Å². The molecule has 0 spiro atoms. The zero-order chi connectivity index (χ0) is 19.9. The average Bonchev–Trinajstić information content (AvgIpc) is 2.75. The summed E-state index contributed by atoms with van der Waals surface area (Å²) < 4.78 is 0. The monoisotopic (exact) mass is 382 g/mol. The lowest BCUT2D eigenvalue weighted by atomic mass is 10.1. The second kappa shape index (κ2) is 9.16. The van der Waals surface area contributed by atoms with Crippen LogP contribution in [0.1, 0.15) is 19.4 Å². The van der Waals surface area contributed by atoms with Crippen LogP contribution >= 0.6 is 0 Å². The minimum absolute atomic E-state index is 0.238. The van der Waals surface area contributed by atoms with Gasteiger partial charge in [0, 0.05) is 44.3 Å². The second-order valence-electron chi connectivity index (χ2n) is 6.73. The predicted octanol–water partition coefficient (Wildman–Crippen LogP) is 1.90. The Morgan fingerprint density at radius 2 is 1.71 bits per heavy atom. The first-order valence-corrected chi connectivity index (χ1v) is 9.54. The summed E-state index contributed by atoms with van der Waals surface area (Å²) in [7, 11) is 0. The molecule has 2 heterocycles. The van der Waals surface area contributed by atoms with Crippen LogP contribution < -0.4 is 15.5 Å². The highest BCUT2D eigenvalue weighted by molar-refractivity contribution is 5.96. The molecule has 8 heteroatoms. The van der Waals surface area contributed by atoms with E-state index < -0.39 is 6.04 Å². The number of urea groups is 1. The summed E-state index contributed by atoms with van der Waals surface area (Å²) in [6.07, 6.45) is 4.36.